The van der Waals surface area contributed by atoms with E-state index in [1.165, 1.54) is 30.8 Å². The van der Waals surface area contributed by atoms with Crippen molar-refractivity contribution < 1.29 is 18.8 Å². The quantitative estimate of drug-likeness (QED) is 0.589. The summed E-state index contributed by atoms with van der Waals surface area (Å²) in [6, 6.07) is 16.1. The van der Waals surface area contributed by atoms with Crippen LogP contribution in [-0.4, -0.2) is 66.2 Å². The van der Waals surface area contributed by atoms with Gasteiger partial charge < -0.3 is 4.90 Å². The first-order valence-corrected chi connectivity index (χ1v) is 11.9. The van der Waals surface area contributed by atoms with E-state index in [1.807, 2.05) is 6.07 Å². The first-order chi connectivity index (χ1) is 16.3. The highest BCUT2D eigenvalue weighted by Gasteiger charge is 2.53. The van der Waals surface area contributed by atoms with Crippen molar-refractivity contribution in [1.29, 1.82) is 0 Å². The summed E-state index contributed by atoms with van der Waals surface area (Å²) in [6.07, 6.45) is 1.73. The molecule has 2 fully saturated rings. The topological polar surface area (TPSA) is 60.9 Å². The Morgan fingerprint density at radius 3 is 2.41 bits per heavy atom. The Balaban J connectivity index is 1.38. The van der Waals surface area contributed by atoms with E-state index in [2.05, 4.69) is 29.2 Å². The van der Waals surface area contributed by atoms with Crippen molar-refractivity contribution in [2.75, 3.05) is 33.7 Å². The summed E-state index contributed by atoms with van der Waals surface area (Å²) < 4.78 is 14.0. The Labute approximate surface area is 200 Å². The Bertz CT molecular complexity index is 1050. The van der Waals surface area contributed by atoms with Crippen LogP contribution in [0.1, 0.15) is 36.8 Å². The smallest absolute Gasteiger partial charge is 0.240 e. The van der Waals surface area contributed by atoms with E-state index >= 15 is 0 Å². The van der Waals surface area contributed by atoms with Gasteiger partial charge in [0.05, 0.1) is 5.41 Å². The van der Waals surface area contributed by atoms with Gasteiger partial charge >= 0.3 is 0 Å². The zero-order chi connectivity index (χ0) is 24.3. The molecule has 6 nitrogen and oxygen atoms in total. The molecule has 7 heteroatoms. The standard InChI is InChI=1S/C27H32FN3O3/c1-29(18-21-11-13-31(14-12-21)19-20-7-4-3-5-8-20)24(32)16-27(17-25(33)30(2)26(27)34)22-9-6-10-23(28)15-22/h3-10,15,21H,11-14,16-19H2,1-2H3/t27-/m1/s1. The third kappa shape index (κ3) is 5.04. The van der Waals surface area contributed by atoms with Gasteiger partial charge in [0.1, 0.15) is 5.82 Å². The number of rotatable bonds is 7. The van der Waals surface area contributed by atoms with Gasteiger partial charge in [0.25, 0.3) is 0 Å². The fraction of sp³-hybridized carbons (Fsp3) is 0.444. The minimum absolute atomic E-state index is 0.122. The van der Waals surface area contributed by atoms with Crippen LogP contribution < -0.4 is 0 Å². The minimum atomic E-state index is -1.35. The second-order valence-electron chi connectivity index (χ2n) is 9.68. The van der Waals surface area contributed by atoms with Crippen molar-refractivity contribution in [2.45, 2.75) is 37.6 Å². The van der Waals surface area contributed by atoms with Crippen molar-refractivity contribution in [2.24, 2.45) is 5.92 Å². The van der Waals surface area contributed by atoms with Crippen LogP contribution in [0.15, 0.2) is 54.6 Å². The highest BCUT2D eigenvalue weighted by atomic mass is 19.1. The van der Waals surface area contributed by atoms with E-state index in [4.69, 9.17) is 0 Å². The van der Waals surface area contributed by atoms with Gasteiger partial charge in [-0.25, -0.2) is 4.39 Å². The predicted octanol–water partition coefficient (Wildman–Crippen LogP) is 3.21. The van der Waals surface area contributed by atoms with Crippen LogP contribution in [0.3, 0.4) is 0 Å². The van der Waals surface area contributed by atoms with Crippen molar-refractivity contribution >= 4 is 17.7 Å². The number of benzene rings is 2. The molecule has 0 N–H and O–H groups in total. The van der Waals surface area contributed by atoms with Crippen LogP contribution in [0.5, 0.6) is 0 Å². The second kappa shape index (κ2) is 10.1. The molecule has 0 bridgehead atoms. The number of halogens is 1. The van der Waals surface area contributed by atoms with Crippen molar-refractivity contribution in [1.82, 2.24) is 14.7 Å². The number of imide groups is 1. The number of likely N-dealkylation sites (N-methyl/N-ethyl adjacent to an activating group) is 1. The maximum Gasteiger partial charge on any atom is 0.240 e. The lowest BCUT2D eigenvalue weighted by atomic mass is 9.75. The molecule has 2 aromatic carbocycles. The largest absolute Gasteiger partial charge is 0.345 e. The fourth-order valence-corrected chi connectivity index (χ4v) is 5.19. The van der Waals surface area contributed by atoms with E-state index in [0.29, 0.717) is 18.0 Å². The van der Waals surface area contributed by atoms with Crippen LogP contribution in [0.2, 0.25) is 0 Å². The first-order valence-electron chi connectivity index (χ1n) is 11.9. The molecule has 0 aromatic heterocycles. The molecule has 180 valence electrons. The summed E-state index contributed by atoms with van der Waals surface area (Å²) in [5, 5.41) is 0. The average Bonchev–Trinajstić information content (AvgIpc) is 3.05. The van der Waals surface area contributed by atoms with E-state index in [1.54, 1.807) is 18.0 Å². The normalized spacial score (nSPS) is 21.8. The van der Waals surface area contributed by atoms with Crippen molar-refractivity contribution in [3.8, 4) is 0 Å². The van der Waals surface area contributed by atoms with Crippen LogP contribution in [0.4, 0.5) is 4.39 Å². The lowest BCUT2D eigenvalue weighted by Crippen LogP contribution is -2.44. The molecule has 3 amide bonds. The lowest BCUT2D eigenvalue weighted by molar-refractivity contribution is -0.141. The SMILES string of the molecule is CN(CC1CCN(Cc2ccccc2)CC1)C(=O)C[C@]1(c2cccc(F)c2)CC(=O)N(C)C1=O. The highest BCUT2D eigenvalue weighted by Crippen LogP contribution is 2.40. The Hall–Kier alpha value is -3.06. The summed E-state index contributed by atoms with van der Waals surface area (Å²) in [6.45, 7) is 3.50. The van der Waals surface area contributed by atoms with Crippen LogP contribution >= 0.6 is 0 Å². The number of carbonyl (C=O) groups is 3. The van der Waals surface area contributed by atoms with Gasteiger partial charge in [-0.05, 0) is 55.1 Å². The monoisotopic (exact) mass is 465 g/mol. The lowest BCUT2D eigenvalue weighted by Gasteiger charge is -2.35. The molecule has 0 unspecified atom stereocenters. The Kier molecular flexibility index (Phi) is 7.12. The summed E-state index contributed by atoms with van der Waals surface area (Å²) in [7, 11) is 3.17. The minimum Gasteiger partial charge on any atom is -0.345 e. The molecule has 2 heterocycles. The van der Waals surface area contributed by atoms with E-state index in [-0.39, 0.29) is 24.7 Å². The van der Waals surface area contributed by atoms with Crippen LogP contribution in [0.25, 0.3) is 0 Å². The molecule has 0 spiro atoms. The zero-order valence-corrected chi connectivity index (χ0v) is 19.9. The highest BCUT2D eigenvalue weighted by molar-refractivity contribution is 6.10. The van der Waals surface area contributed by atoms with Gasteiger partial charge in [0.15, 0.2) is 0 Å². The molecule has 2 aromatic rings. The molecule has 4 rings (SSSR count). The molecule has 34 heavy (non-hydrogen) atoms. The zero-order valence-electron chi connectivity index (χ0n) is 19.9. The summed E-state index contributed by atoms with van der Waals surface area (Å²) in [5.74, 6) is -1.11. The Morgan fingerprint density at radius 2 is 1.79 bits per heavy atom. The molecule has 1 atom stereocenters. The molecule has 0 saturated carbocycles. The molecule has 0 aliphatic carbocycles. The number of nitrogens with zero attached hydrogens (tertiary/aromatic N) is 3. The summed E-state index contributed by atoms with van der Waals surface area (Å²) in [5.41, 5.74) is 0.334. The van der Waals surface area contributed by atoms with Crippen LogP contribution in [0, 0.1) is 11.7 Å². The molecule has 2 saturated heterocycles. The predicted molar refractivity (Wildman–Crippen MR) is 127 cm³/mol. The fourth-order valence-electron chi connectivity index (χ4n) is 5.19. The maximum atomic E-state index is 14.0. The van der Waals surface area contributed by atoms with Crippen LogP contribution in [-0.2, 0) is 26.3 Å². The number of likely N-dealkylation sites (tertiary alicyclic amines) is 2. The van der Waals surface area contributed by atoms with Gasteiger partial charge in [0, 0.05) is 40.0 Å². The molecule has 2 aliphatic heterocycles. The van der Waals surface area contributed by atoms with Gasteiger partial charge in [-0.15, -0.1) is 0 Å². The van der Waals surface area contributed by atoms with Gasteiger partial charge in [-0.1, -0.05) is 42.5 Å². The number of amides is 3. The van der Waals surface area contributed by atoms with Gasteiger partial charge in [-0.2, -0.15) is 0 Å². The van der Waals surface area contributed by atoms with Crippen molar-refractivity contribution in [3.05, 3.63) is 71.5 Å². The molecule has 0 radical (unpaired) electrons. The van der Waals surface area contributed by atoms with E-state index < -0.39 is 17.1 Å². The Morgan fingerprint density at radius 1 is 1.09 bits per heavy atom. The average molecular weight is 466 g/mol. The van der Waals surface area contributed by atoms with Crippen molar-refractivity contribution in [3.63, 3.8) is 0 Å². The first kappa shape index (κ1) is 24.1. The third-order valence-electron chi connectivity index (χ3n) is 7.29. The number of hydrogen-bond acceptors (Lipinski definition) is 4. The second-order valence-corrected chi connectivity index (χ2v) is 9.68. The molecular formula is C27H32FN3O3. The van der Waals surface area contributed by atoms with Gasteiger partial charge in [0.2, 0.25) is 17.7 Å². The molecule has 2 aliphatic rings. The molecular weight excluding hydrogens is 433 g/mol. The third-order valence-corrected chi connectivity index (χ3v) is 7.29. The number of hydrogen-bond donors (Lipinski definition) is 0. The van der Waals surface area contributed by atoms with Gasteiger partial charge in [-0.3, -0.25) is 24.2 Å². The number of carbonyl (C=O) groups excluding carboxylic acids is 3. The van der Waals surface area contributed by atoms with E-state index in [9.17, 15) is 18.8 Å². The van der Waals surface area contributed by atoms with E-state index in [0.717, 1.165) is 37.4 Å². The maximum absolute atomic E-state index is 14.0. The summed E-state index contributed by atoms with van der Waals surface area (Å²) >= 11 is 0. The number of piperidine rings is 1. The summed E-state index contributed by atoms with van der Waals surface area (Å²) in [4.78, 5) is 43.9.